The highest BCUT2D eigenvalue weighted by Gasteiger charge is 2.27. The Hall–Kier alpha value is 0.0700. The van der Waals surface area contributed by atoms with Crippen molar-refractivity contribution < 1.29 is 4.21 Å². The second kappa shape index (κ2) is 4.35. The second-order valence-electron chi connectivity index (χ2n) is 3.41. The van der Waals surface area contributed by atoms with E-state index in [1.165, 1.54) is 0 Å². The van der Waals surface area contributed by atoms with E-state index in [0.717, 1.165) is 25.3 Å². The summed E-state index contributed by atoms with van der Waals surface area (Å²) in [5.41, 5.74) is 5.78. The van der Waals surface area contributed by atoms with Gasteiger partial charge >= 0.3 is 0 Å². The molecule has 1 rings (SSSR count). The summed E-state index contributed by atoms with van der Waals surface area (Å²) in [5.74, 6) is 1.27. The first-order chi connectivity index (χ1) is 5.65. The Morgan fingerprint density at radius 3 is 2.83 bits per heavy atom. The van der Waals surface area contributed by atoms with Crippen molar-refractivity contribution in [3.63, 3.8) is 0 Å². The van der Waals surface area contributed by atoms with Crippen LogP contribution in [-0.2, 0) is 11.0 Å². The molecule has 4 heteroatoms. The van der Waals surface area contributed by atoms with Gasteiger partial charge in [-0.15, -0.1) is 0 Å². The highest BCUT2D eigenvalue weighted by atomic mass is 32.2. The summed E-state index contributed by atoms with van der Waals surface area (Å²) in [7, 11) is -0.762. The summed E-state index contributed by atoms with van der Waals surface area (Å²) in [6.07, 6.45) is 1.10. The van der Waals surface area contributed by atoms with Crippen molar-refractivity contribution in [2.45, 2.75) is 26.3 Å². The maximum atomic E-state index is 11.4. The van der Waals surface area contributed by atoms with Crippen LogP contribution in [0.1, 0.15) is 20.3 Å². The summed E-state index contributed by atoms with van der Waals surface area (Å²) in [6, 6.07) is 0.240. The molecule has 12 heavy (non-hydrogen) atoms. The molecule has 0 aliphatic carbocycles. The monoisotopic (exact) mass is 190 g/mol. The Balaban J connectivity index is 2.40. The lowest BCUT2D eigenvalue weighted by atomic mass is 10.0. The fourth-order valence-corrected chi connectivity index (χ4v) is 2.58. The number of hydrogen-bond donors (Lipinski definition) is 1. The molecule has 0 spiro atoms. The van der Waals surface area contributed by atoms with Crippen molar-refractivity contribution in [2.75, 3.05) is 18.8 Å². The average Bonchev–Trinajstić information content (AvgIpc) is 2.51. The lowest BCUT2D eigenvalue weighted by Gasteiger charge is -2.15. The van der Waals surface area contributed by atoms with Crippen molar-refractivity contribution in [3.8, 4) is 0 Å². The molecule has 0 aromatic carbocycles. The quantitative estimate of drug-likeness (QED) is 0.697. The molecule has 1 aliphatic rings. The lowest BCUT2D eigenvalue weighted by Crippen LogP contribution is -2.31. The molecule has 0 radical (unpaired) electrons. The van der Waals surface area contributed by atoms with E-state index in [9.17, 15) is 4.21 Å². The molecule has 0 saturated carbocycles. The van der Waals surface area contributed by atoms with E-state index in [1.807, 2.05) is 18.2 Å². The number of hydrogen-bond acceptors (Lipinski definition) is 2. The predicted molar refractivity (Wildman–Crippen MR) is 52.0 cm³/mol. The Kier molecular flexibility index (Phi) is 3.68. The summed E-state index contributed by atoms with van der Waals surface area (Å²) < 4.78 is 13.4. The molecule has 0 aromatic heterocycles. The maximum absolute atomic E-state index is 11.4. The Bertz CT molecular complexity index is 172. The molecule has 72 valence electrons. The molecule has 3 unspecified atom stereocenters. The van der Waals surface area contributed by atoms with Gasteiger partial charge in [-0.2, -0.15) is 0 Å². The van der Waals surface area contributed by atoms with E-state index in [4.69, 9.17) is 5.73 Å². The minimum absolute atomic E-state index is 0.240. The summed E-state index contributed by atoms with van der Waals surface area (Å²) in [5, 5.41) is 0. The highest BCUT2D eigenvalue weighted by Crippen LogP contribution is 2.19. The van der Waals surface area contributed by atoms with E-state index in [1.54, 1.807) is 0 Å². The molecule has 1 saturated heterocycles. The van der Waals surface area contributed by atoms with Gasteiger partial charge in [0, 0.05) is 24.9 Å². The predicted octanol–water partition coefficient (Wildman–Crippen LogP) is 0.339. The molecule has 1 fully saturated rings. The Morgan fingerprint density at radius 2 is 2.42 bits per heavy atom. The van der Waals surface area contributed by atoms with Crippen LogP contribution in [0, 0.1) is 5.92 Å². The van der Waals surface area contributed by atoms with Crippen LogP contribution < -0.4 is 5.73 Å². The fourth-order valence-electron chi connectivity index (χ4n) is 1.55. The van der Waals surface area contributed by atoms with Crippen molar-refractivity contribution in [2.24, 2.45) is 11.7 Å². The average molecular weight is 190 g/mol. The van der Waals surface area contributed by atoms with E-state index in [0.29, 0.717) is 5.92 Å². The number of nitrogens with two attached hydrogens (primary N) is 1. The van der Waals surface area contributed by atoms with E-state index >= 15 is 0 Å². The zero-order valence-corrected chi connectivity index (χ0v) is 8.64. The zero-order chi connectivity index (χ0) is 9.14. The first kappa shape index (κ1) is 10.2. The molecule has 0 amide bonds. The van der Waals surface area contributed by atoms with Crippen LogP contribution in [0.5, 0.6) is 0 Å². The SMILES string of the molecule is CCS(=O)N1CCC(C(C)N)C1. The van der Waals surface area contributed by atoms with Crippen LogP contribution in [0.15, 0.2) is 0 Å². The van der Waals surface area contributed by atoms with Crippen LogP contribution in [0.25, 0.3) is 0 Å². The summed E-state index contributed by atoms with van der Waals surface area (Å²) in [4.78, 5) is 0. The summed E-state index contributed by atoms with van der Waals surface area (Å²) in [6.45, 7) is 5.85. The van der Waals surface area contributed by atoms with Crippen LogP contribution in [0.2, 0.25) is 0 Å². The van der Waals surface area contributed by atoms with Gasteiger partial charge < -0.3 is 5.73 Å². The van der Waals surface area contributed by atoms with Crippen LogP contribution >= 0.6 is 0 Å². The van der Waals surface area contributed by atoms with Crippen molar-refractivity contribution >= 4 is 11.0 Å². The van der Waals surface area contributed by atoms with Crippen LogP contribution in [0.3, 0.4) is 0 Å². The molecule has 1 aliphatic heterocycles. The van der Waals surface area contributed by atoms with E-state index in [2.05, 4.69) is 0 Å². The molecular formula is C8H18N2OS. The van der Waals surface area contributed by atoms with Crippen molar-refractivity contribution in [3.05, 3.63) is 0 Å². The summed E-state index contributed by atoms with van der Waals surface area (Å²) >= 11 is 0. The second-order valence-corrected chi connectivity index (χ2v) is 5.14. The molecule has 3 atom stereocenters. The zero-order valence-electron chi connectivity index (χ0n) is 7.82. The van der Waals surface area contributed by atoms with E-state index < -0.39 is 11.0 Å². The van der Waals surface area contributed by atoms with Gasteiger partial charge in [-0.05, 0) is 19.3 Å². The highest BCUT2D eigenvalue weighted by molar-refractivity contribution is 7.82. The van der Waals surface area contributed by atoms with Gasteiger partial charge in [-0.1, -0.05) is 6.92 Å². The third kappa shape index (κ3) is 2.28. The maximum Gasteiger partial charge on any atom is 0.0939 e. The van der Waals surface area contributed by atoms with Gasteiger partial charge in [0.1, 0.15) is 0 Å². The Morgan fingerprint density at radius 1 is 1.75 bits per heavy atom. The first-order valence-corrected chi connectivity index (χ1v) is 5.81. The molecule has 0 aromatic rings. The number of nitrogens with zero attached hydrogens (tertiary/aromatic N) is 1. The Labute approximate surface area is 76.9 Å². The lowest BCUT2D eigenvalue weighted by molar-refractivity contribution is 0.447. The molecule has 3 nitrogen and oxygen atoms in total. The van der Waals surface area contributed by atoms with Gasteiger partial charge in [-0.25, -0.2) is 8.51 Å². The normalized spacial score (nSPS) is 30.4. The van der Waals surface area contributed by atoms with Crippen LogP contribution in [-0.4, -0.2) is 33.4 Å². The molecule has 2 N–H and O–H groups in total. The van der Waals surface area contributed by atoms with Gasteiger partial charge in [0.05, 0.1) is 11.0 Å². The smallest absolute Gasteiger partial charge is 0.0939 e. The minimum Gasteiger partial charge on any atom is -0.328 e. The largest absolute Gasteiger partial charge is 0.328 e. The fraction of sp³-hybridized carbons (Fsp3) is 1.00. The minimum atomic E-state index is -0.762. The molecule has 0 bridgehead atoms. The van der Waals surface area contributed by atoms with Gasteiger partial charge in [0.2, 0.25) is 0 Å². The van der Waals surface area contributed by atoms with Gasteiger partial charge in [0.15, 0.2) is 0 Å². The van der Waals surface area contributed by atoms with Crippen molar-refractivity contribution in [1.82, 2.24) is 4.31 Å². The van der Waals surface area contributed by atoms with Gasteiger partial charge in [-0.3, -0.25) is 0 Å². The molecular weight excluding hydrogens is 172 g/mol. The first-order valence-electron chi connectivity index (χ1n) is 4.54. The topological polar surface area (TPSA) is 46.3 Å². The number of rotatable bonds is 3. The van der Waals surface area contributed by atoms with Crippen molar-refractivity contribution in [1.29, 1.82) is 0 Å². The van der Waals surface area contributed by atoms with Gasteiger partial charge in [0.25, 0.3) is 0 Å². The third-order valence-electron chi connectivity index (χ3n) is 2.47. The van der Waals surface area contributed by atoms with Crippen LogP contribution in [0.4, 0.5) is 0 Å². The molecule has 1 heterocycles. The standard InChI is InChI=1S/C8H18N2OS/c1-3-12(11)10-5-4-8(6-10)7(2)9/h7-8H,3-6,9H2,1-2H3. The third-order valence-corrected chi connectivity index (χ3v) is 3.87. The van der Waals surface area contributed by atoms with E-state index in [-0.39, 0.29) is 6.04 Å².